The number of rotatable bonds is 1. The molecule has 3 heteroatoms. The molecule has 0 aromatic heterocycles. The van der Waals surface area contributed by atoms with Crippen LogP contribution in [0.15, 0.2) is 18.2 Å². The van der Waals surface area contributed by atoms with E-state index in [1.54, 1.807) is 0 Å². The van der Waals surface area contributed by atoms with Crippen molar-refractivity contribution in [3.8, 4) is 5.75 Å². The lowest BCUT2D eigenvalue weighted by atomic mass is 10.0. The van der Waals surface area contributed by atoms with Crippen LogP contribution in [0.2, 0.25) is 0 Å². The van der Waals surface area contributed by atoms with E-state index < -0.39 is 0 Å². The van der Waals surface area contributed by atoms with Gasteiger partial charge in [0.05, 0.1) is 6.61 Å². The van der Waals surface area contributed by atoms with Crippen molar-refractivity contribution in [2.45, 2.75) is 25.8 Å². The zero-order chi connectivity index (χ0) is 11.7. The lowest BCUT2D eigenvalue weighted by molar-refractivity contribution is 0.288. The van der Waals surface area contributed by atoms with Crippen LogP contribution in [-0.2, 0) is 6.42 Å². The van der Waals surface area contributed by atoms with Gasteiger partial charge in [-0.15, -0.1) is 0 Å². The Bertz CT molecular complexity index is 405. The Kier molecular flexibility index (Phi) is 2.93. The summed E-state index contributed by atoms with van der Waals surface area (Å²) in [6, 6.07) is 7.26. The second-order valence-corrected chi connectivity index (χ2v) is 4.99. The Morgan fingerprint density at radius 2 is 2.35 bits per heavy atom. The van der Waals surface area contributed by atoms with Crippen LogP contribution in [0.25, 0.3) is 0 Å². The fourth-order valence-corrected chi connectivity index (χ4v) is 2.73. The topological polar surface area (TPSA) is 24.5 Å². The van der Waals surface area contributed by atoms with Gasteiger partial charge in [0.25, 0.3) is 0 Å². The van der Waals surface area contributed by atoms with Crippen molar-refractivity contribution >= 4 is 5.69 Å². The molecule has 0 amide bonds. The minimum absolute atomic E-state index is 0.561. The van der Waals surface area contributed by atoms with Gasteiger partial charge in [-0.05, 0) is 31.4 Å². The van der Waals surface area contributed by atoms with E-state index in [0.717, 1.165) is 44.8 Å². The van der Waals surface area contributed by atoms with Crippen molar-refractivity contribution in [2.75, 3.05) is 31.1 Å². The molecule has 17 heavy (non-hydrogen) atoms. The van der Waals surface area contributed by atoms with Crippen LogP contribution >= 0.6 is 0 Å². The zero-order valence-corrected chi connectivity index (χ0v) is 10.4. The summed E-state index contributed by atoms with van der Waals surface area (Å²) in [7, 11) is 0. The quantitative estimate of drug-likeness (QED) is 0.799. The normalized spacial score (nSPS) is 24.1. The Balaban J connectivity index is 1.87. The van der Waals surface area contributed by atoms with Crippen LogP contribution in [0.1, 0.15) is 18.9 Å². The molecule has 3 nitrogen and oxygen atoms in total. The summed E-state index contributed by atoms with van der Waals surface area (Å²) in [5.74, 6) is 1.10. The third kappa shape index (κ3) is 2.12. The highest BCUT2D eigenvalue weighted by atomic mass is 16.5. The average molecular weight is 232 g/mol. The van der Waals surface area contributed by atoms with Crippen molar-refractivity contribution in [3.05, 3.63) is 23.8 Å². The third-order valence-corrected chi connectivity index (χ3v) is 3.73. The molecule has 2 aliphatic heterocycles. The van der Waals surface area contributed by atoms with Gasteiger partial charge in [-0.2, -0.15) is 0 Å². The highest BCUT2D eigenvalue weighted by Crippen LogP contribution is 2.30. The van der Waals surface area contributed by atoms with Gasteiger partial charge in [0.1, 0.15) is 5.75 Å². The lowest BCUT2D eigenvalue weighted by Crippen LogP contribution is -2.49. The standard InChI is InChI=1S/C14H20N2O/c1-11-10-15-6-7-16(11)13-5-4-12-3-2-8-17-14(12)9-13/h4-5,9,11,15H,2-3,6-8,10H2,1H3/t11-/m0/s1. The number of nitrogens with one attached hydrogen (secondary N) is 1. The van der Waals surface area contributed by atoms with E-state index in [4.69, 9.17) is 4.74 Å². The molecule has 1 saturated heterocycles. The SMILES string of the molecule is C[C@H]1CNCCN1c1ccc2c(c1)OCCC2. The predicted molar refractivity (Wildman–Crippen MR) is 69.9 cm³/mol. The van der Waals surface area contributed by atoms with Crippen LogP contribution in [0, 0.1) is 0 Å². The summed E-state index contributed by atoms with van der Waals surface area (Å²) in [6.07, 6.45) is 2.31. The highest BCUT2D eigenvalue weighted by molar-refractivity contribution is 5.55. The van der Waals surface area contributed by atoms with Gasteiger partial charge in [0, 0.05) is 37.4 Å². The van der Waals surface area contributed by atoms with Crippen molar-refractivity contribution in [1.29, 1.82) is 0 Å². The summed E-state index contributed by atoms with van der Waals surface area (Å²) in [5.41, 5.74) is 2.67. The molecule has 2 aliphatic rings. The molecular formula is C14H20N2O. The molecular weight excluding hydrogens is 212 g/mol. The van der Waals surface area contributed by atoms with Crippen molar-refractivity contribution in [1.82, 2.24) is 5.32 Å². The van der Waals surface area contributed by atoms with E-state index in [1.165, 1.54) is 11.3 Å². The number of piperazine rings is 1. The van der Waals surface area contributed by atoms with Gasteiger partial charge in [-0.25, -0.2) is 0 Å². The van der Waals surface area contributed by atoms with Crippen molar-refractivity contribution < 1.29 is 4.74 Å². The average Bonchev–Trinajstić information content (AvgIpc) is 2.39. The van der Waals surface area contributed by atoms with Crippen LogP contribution in [0.4, 0.5) is 5.69 Å². The minimum Gasteiger partial charge on any atom is -0.493 e. The van der Waals surface area contributed by atoms with E-state index in [1.807, 2.05) is 0 Å². The third-order valence-electron chi connectivity index (χ3n) is 3.73. The van der Waals surface area contributed by atoms with Gasteiger partial charge in [-0.1, -0.05) is 6.07 Å². The number of anilines is 1. The van der Waals surface area contributed by atoms with Crippen LogP contribution in [0.5, 0.6) is 5.75 Å². The molecule has 0 bridgehead atoms. The van der Waals surface area contributed by atoms with Gasteiger partial charge >= 0.3 is 0 Å². The fourth-order valence-electron chi connectivity index (χ4n) is 2.73. The minimum atomic E-state index is 0.561. The molecule has 0 saturated carbocycles. The summed E-state index contributed by atoms with van der Waals surface area (Å²) in [5, 5.41) is 3.42. The molecule has 0 unspecified atom stereocenters. The summed E-state index contributed by atoms with van der Waals surface area (Å²) < 4.78 is 5.75. The zero-order valence-electron chi connectivity index (χ0n) is 10.4. The lowest BCUT2D eigenvalue weighted by Gasteiger charge is -2.36. The van der Waals surface area contributed by atoms with Crippen LogP contribution in [0.3, 0.4) is 0 Å². The molecule has 1 aromatic rings. The van der Waals surface area contributed by atoms with Gasteiger partial charge in [-0.3, -0.25) is 0 Å². The summed E-state index contributed by atoms with van der Waals surface area (Å²) in [4.78, 5) is 2.47. The van der Waals surface area contributed by atoms with Crippen molar-refractivity contribution in [2.24, 2.45) is 0 Å². The molecule has 3 rings (SSSR count). The Hall–Kier alpha value is -1.22. The Morgan fingerprint density at radius 1 is 1.41 bits per heavy atom. The maximum absolute atomic E-state index is 5.75. The number of hydrogen-bond acceptors (Lipinski definition) is 3. The first-order valence-corrected chi connectivity index (χ1v) is 6.58. The molecule has 1 atom stereocenters. The number of fused-ring (bicyclic) bond motifs is 1. The van der Waals surface area contributed by atoms with Crippen LogP contribution < -0.4 is 15.0 Å². The molecule has 0 spiro atoms. The molecule has 2 heterocycles. The fraction of sp³-hybridized carbons (Fsp3) is 0.571. The maximum atomic E-state index is 5.75. The molecule has 0 aliphatic carbocycles. The molecule has 0 radical (unpaired) electrons. The smallest absolute Gasteiger partial charge is 0.124 e. The predicted octanol–water partition coefficient (Wildman–Crippen LogP) is 1.81. The first-order chi connectivity index (χ1) is 8.34. The van der Waals surface area contributed by atoms with E-state index in [9.17, 15) is 0 Å². The van der Waals surface area contributed by atoms with Gasteiger partial charge < -0.3 is 15.0 Å². The van der Waals surface area contributed by atoms with Gasteiger partial charge in [0.15, 0.2) is 0 Å². The van der Waals surface area contributed by atoms with E-state index >= 15 is 0 Å². The highest BCUT2D eigenvalue weighted by Gasteiger charge is 2.20. The number of benzene rings is 1. The summed E-state index contributed by atoms with van der Waals surface area (Å²) in [6.45, 7) is 6.36. The number of aryl methyl sites for hydroxylation is 1. The number of hydrogen-bond donors (Lipinski definition) is 1. The molecule has 1 aromatic carbocycles. The van der Waals surface area contributed by atoms with Crippen molar-refractivity contribution in [3.63, 3.8) is 0 Å². The largest absolute Gasteiger partial charge is 0.493 e. The Morgan fingerprint density at radius 3 is 3.24 bits per heavy atom. The van der Waals surface area contributed by atoms with E-state index in [-0.39, 0.29) is 0 Å². The second-order valence-electron chi connectivity index (χ2n) is 4.99. The number of ether oxygens (including phenoxy) is 1. The van der Waals surface area contributed by atoms with E-state index in [2.05, 4.69) is 35.3 Å². The molecule has 1 fully saturated rings. The van der Waals surface area contributed by atoms with Gasteiger partial charge in [0.2, 0.25) is 0 Å². The first kappa shape index (κ1) is 10.9. The van der Waals surface area contributed by atoms with Crippen LogP contribution in [-0.4, -0.2) is 32.3 Å². The molecule has 92 valence electrons. The van der Waals surface area contributed by atoms with E-state index in [0.29, 0.717) is 6.04 Å². The second kappa shape index (κ2) is 4.57. The maximum Gasteiger partial charge on any atom is 0.124 e. The monoisotopic (exact) mass is 232 g/mol. The first-order valence-electron chi connectivity index (χ1n) is 6.58. The molecule has 1 N–H and O–H groups in total. The Labute approximate surface area is 103 Å². The number of nitrogens with zero attached hydrogens (tertiary/aromatic N) is 1. The summed E-state index contributed by atoms with van der Waals surface area (Å²) >= 11 is 0.